The Bertz CT molecular complexity index is 902. The van der Waals surface area contributed by atoms with Crippen molar-refractivity contribution in [3.63, 3.8) is 0 Å². The van der Waals surface area contributed by atoms with Crippen LogP contribution in [0.1, 0.15) is 23.6 Å². The summed E-state index contributed by atoms with van der Waals surface area (Å²) in [5.74, 6) is -1.57. The molecule has 1 aliphatic heterocycles. The summed E-state index contributed by atoms with van der Waals surface area (Å²) >= 11 is 0. The first-order valence-electron chi connectivity index (χ1n) is 11.1. The van der Waals surface area contributed by atoms with Crippen LogP contribution in [-0.2, 0) is 29.1 Å². The smallest absolute Gasteiger partial charge is 0.414 e. The van der Waals surface area contributed by atoms with Crippen molar-refractivity contribution in [1.29, 1.82) is 0 Å². The predicted molar refractivity (Wildman–Crippen MR) is 128 cm³/mol. The maximum Gasteiger partial charge on any atom is 0.414 e. The number of rotatable bonds is 8. The molecule has 0 unspecified atom stereocenters. The SMILES string of the molecule is CCc1ccc(CN2CCN(Cc3cc(OC)c(OC)c(OC)c3)CC2)cc1.O=C(O)C(=O)O. The second-order valence-electron chi connectivity index (χ2n) is 7.87. The van der Waals surface area contributed by atoms with E-state index < -0.39 is 11.9 Å². The lowest BCUT2D eigenvalue weighted by atomic mass is 10.1. The lowest BCUT2D eigenvalue weighted by Gasteiger charge is -2.35. The molecule has 0 spiro atoms. The van der Waals surface area contributed by atoms with Gasteiger partial charge in [-0.15, -0.1) is 0 Å². The Kier molecular flexibility index (Phi) is 10.6. The number of carboxylic acids is 2. The van der Waals surface area contributed by atoms with Crippen LogP contribution in [0.2, 0.25) is 0 Å². The van der Waals surface area contributed by atoms with E-state index in [0.717, 1.165) is 45.7 Å². The molecular weight excluding hydrogens is 440 g/mol. The van der Waals surface area contributed by atoms with Crippen LogP contribution in [-0.4, -0.2) is 79.5 Å². The Morgan fingerprint density at radius 1 is 0.735 bits per heavy atom. The Hall–Kier alpha value is -3.30. The fourth-order valence-corrected chi connectivity index (χ4v) is 3.73. The van der Waals surface area contributed by atoms with Gasteiger partial charge in [0.1, 0.15) is 0 Å². The topological polar surface area (TPSA) is 109 Å². The zero-order chi connectivity index (χ0) is 25.1. The van der Waals surface area contributed by atoms with E-state index in [1.54, 1.807) is 21.3 Å². The minimum absolute atomic E-state index is 0.646. The van der Waals surface area contributed by atoms with E-state index in [2.05, 4.69) is 41.0 Å². The summed E-state index contributed by atoms with van der Waals surface area (Å²) in [6, 6.07) is 13.1. The van der Waals surface area contributed by atoms with Gasteiger partial charge in [-0.2, -0.15) is 0 Å². The fourth-order valence-electron chi connectivity index (χ4n) is 3.73. The van der Waals surface area contributed by atoms with Crippen molar-refractivity contribution in [3.8, 4) is 17.2 Å². The Balaban J connectivity index is 0.000000604. The lowest BCUT2D eigenvalue weighted by molar-refractivity contribution is -0.159. The highest BCUT2D eigenvalue weighted by Crippen LogP contribution is 2.38. The molecule has 1 saturated heterocycles. The van der Waals surface area contributed by atoms with Crippen molar-refractivity contribution in [2.75, 3.05) is 47.5 Å². The number of ether oxygens (including phenoxy) is 3. The number of hydrogen-bond acceptors (Lipinski definition) is 7. The van der Waals surface area contributed by atoms with Crippen LogP contribution >= 0.6 is 0 Å². The van der Waals surface area contributed by atoms with Gasteiger partial charge in [-0.3, -0.25) is 9.80 Å². The van der Waals surface area contributed by atoms with Crippen LogP contribution in [0.15, 0.2) is 36.4 Å². The standard InChI is InChI=1S/C23H32N2O3.C2H2O4/c1-5-18-6-8-19(9-7-18)16-24-10-12-25(13-11-24)17-20-14-21(26-2)23(28-4)22(15-20)27-3;3-1(4)2(5)6/h6-9,14-15H,5,10-13,16-17H2,1-4H3;(H,3,4)(H,5,6). The van der Waals surface area contributed by atoms with E-state index in [9.17, 15) is 0 Å². The maximum atomic E-state index is 9.10. The molecule has 0 atom stereocenters. The van der Waals surface area contributed by atoms with Gasteiger partial charge >= 0.3 is 11.9 Å². The van der Waals surface area contributed by atoms with Crippen LogP contribution in [0, 0.1) is 0 Å². The zero-order valence-corrected chi connectivity index (χ0v) is 20.2. The number of carbonyl (C=O) groups is 2. The van der Waals surface area contributed by atoms with E-state index in [1.165, 1.54) is 16.7 Å². The van der Waals surface area contributed by atoms with Gasteiger partial charge in [-0.25, -0.2) is 9.59 Å². The summed E-state index contributed by atoms with van der Waals surface area (Å²) in [6.45, 7) is 8.40. The molecule has 186 valence electrons. The van der Waals surface area contributed by atoms with Crippen LogP contribution < -0.4 is 14.2 Å². The summed E-state index contributed by atoms with van der Waals surface area (Å²) in [6.07, 6.45) is 1.10. The number of piperazine rings is 1. The molecule has 0 radical (unpaired) electrons. The number of methoxy groups -OCH3 is 3. The number of hydrogen-bond donors (Lipinski definition) is 2. The third-order valence-electron chi connectivity index (χ3n) is 5.62. The van der Waals surface area contributed by atoms with Gasteiger partial charge in [0.25, 0.3) is 0 Å². The number of carboxylic acid groups (broad SMARTS) is 2. The molecule has 0 saturated carbocycles. The Labute approximate surface area is 200 Å². The van der Waals surface area contributed by atoms with Gasteiger partial charge in [0.2, 0.25) is 5.75 Å². The summed E-state index contributed by atoms with van der Waals surface area (Å²) in [7, 11) is 4.95. The summed E-state index contributed by atoms with van der Waals surface area (Å²) in [4.78, 5) is 23.2. The first-order valence-corrected chi connectivity index (χ1v) is 11.1. The minimum atomic E-state index is -1.82. The van der Waals surface area contributed by atoms with Crippen LogP contribution in [0.3, 0.4) is 0 Å². The van der Waals surface area contributed by atoms with Crippen LogP contribution in [0.4, 0.5) is 0 Å². The molecule has 0 bridgehead atoms. The van der Waals surface area contributed by atoms with Crippen molar-refractivity contribution >= 4 is 11.9 Å². The van der Waals surface area contributed by atoms with Crippen molar-refractivity contribution in [3.05, 3.63) is 53.1 Å². The molecule has 9 heteroatoms. The molecule has 0 aliphatic carbocycles. The van der Waals surface area contributed by atoms with Crippen LogP contribution in [0.25, 0.3) is 0 Å². The van der Waals surface area contributed by atoms with Crippen LogP contribution in [0.5, 0.6) is 17.2 Å². The third-order valence-corrected chi connectivity index (χ3v) is 5.62. The number of aliphatic carboxylic acids is 2. The van der Waals surface area contributed by atoms with Gasteiger partial charge in [0, 0.05) is 39.3 Å². The maximum absolute atomic E-state index is 9.10. The summed E-state index contributed by atoms with van der Waals surface area (Å²) in [5, 5.41) is 14.8. The molecular formula is C25H34N2O7. The first-order chi connectivity index (χ1) is 16.3. The lowest BCUT2D eigenvalue weighted by Crippen LogP contribution is -2.45. The molecule has 34 heavy (non-hydrogen) atoms. The van der Waals surface area contributed by atoms with E-state index in [4.69, 9.17) is 34.0 Å². The molecule has 9 nitrogen and oxygen atoms in total. The van der Waals surface area contributed by atoms with E-state index in [-0.39, 0.29) is 0 Å². The molecule has 2 aromatic carbocycles. The van der Waals surface area contributed by atoms with Gasteiger partial charge in [-0.1, -0.05) is 31.2 Å². The highest BCUT2D eigenvalue weighted by atomic mass is 16.5. The van der Waals surface area contributed by atoms with Gasteiger partial charge in [0.05, 0.1) is 21.3 Å². The second-order valence-corrected chi connectivity index (χ2v) is 7.87. The fraction of sp³-hybridized carbons (Fsp3) is 0.440. The highest BCUT2D eigenvalue weighted by molar-refractivity contribution is 6.27. The summed E-state index contributed by atoms with van der Waals surface area (Å²) < 4.78 is 16.4. The van der Waals surface area contributed by atoms with E-state index >= 15 is 0 Å². The highest BCUT2D eigenvalue weighted by Gasteiger charge is 2.19. The molecule has 1 fully saturated rings. The second kappa shape index (κ2) is 13.4. The normalized spacial score (nSPS) is 14.0. The molecule has 1 heterocycles. The molecule has 3 rings (SSSR count). The first kappa shape index (κ1) is 26.9. The number of nitrogens with zero attached hydrogens (tertiary/aromatic N) is 2. The number of benzene rings is 2. The number of aryl methyl sites for hydroxylation is 1. The van der Waals surface area contributed by atoms with Crippen molar-refractivity contribution < 1.29 is 34.0 Å². The monoisotopic (exact) mass is 474 g/mol. The predicted octanol–water partition coefficient (Wildman–Crippen LogP) is 2.75. The molecule has 0 amide bonds. The molecule has 1 aliphatic rings. The third kappa shape index (κ3) is 7.93. The van der Waals surface area contributed by atoms with Crippen molar-refractivity contribution in [2.45, 2.75) is 26.4 Å². The Morgan fingerprint density at radius 2 is 1.15 bits per heavy atom. The van der Waals surface area contributed by atoms with E-state index in [1.807, 2.05) is 12.1 Å². The Morgan fingerprint density at radius 3 is 1.50 bits per heavy atom. The van der Waals surface area contributed by atoms with Gasteiger partial charge < -0.3 is 24.4 Å². The summed E-state index contributed by atoms with van der Waals surface area (Å²) in [5.41, 5.74) is 3.98. The molecule has 0 aromatic heterocycles. The van der Waals surface area contributed by atoms with Crippen molar-refractivity contribution in [1.82, 2.24) is 9.80 Å². The van der Waals surface area contributed by atoms with E-state index in [0.29, 0.717) is 17.2 Å². The average Bonchev–Trinajstić information content (AvgIpc) is 2.85. The largest absolute Gasteiger partial charge is 0.493 e. The zero-order valence-electron chi connectivity index (χ0n) is 20.2. The molecule has 2 N–H and O–H groups in total. The van der Waals surface area contributed by atoms with Crippen molar-refractivity contribution in [2.24, 2.45) is 0 Å². The molecule has 2 aromatic rings. The quantitative estimate of drug-likeness (QED) is 0.558. The van der Waals surface area contributed by atoms with Gasteiger partial charge in [0.15, 0.2) is 11.5 Å². The van der Waals surface area contributed by atoms with Gasteiger partial charge in [-0.05, 0) is 35.2 Å². The average molecular weight is 475 g/mol. The minimum Gasteiger partial charge on any atom is -0.493 e.